The fourth-order valence-corrected chi connectivity index (χ4v) is 2.00. The van der Waals surface area contributed by atoms with Crippen molar-refractivity contribution < 1.29 is 13.9 Å². The van der Waals surface area contributed by atoms with E-state index in [2.05, 4.69) is 5.32 Å². The van der Waals surface area contributed by atoms with Gasteiger partial charge in [-0.15, -0.1) is 0 Å². The molecule has 0 amide bonds. The van der Waals surface area contributed by atoms with Gasteiger partial charge in [0.25, 0.3) is 0 Å². The summed E-state index contributed by atoms with van der Waals surface area (Å²) in [5, 5.41) is 3.09. The predicted octanol–water partition coefficient (Wildman–Crippen LogP) is 2.19. The van der Waals surface area contributed by atoms with Crippen LogP contribution in [-0.2, 0) is 9.53 Å². The Balaban J connectivity index is 2.58. The fraction of sp³-hybridized carbons (Fsp3) is 0.533. The highest BCUT2D eigenvalue weighted by molar-refractivity contribution is 5.75. The van der Waals surface area contributed by atoms with Crippen LogP contribution < -0.4 is 10.2 Å². The van der Waals surface area contributed by atoms with Crippen molar-refractivity contribution in [3.05, 3.63) is 30.1 Å². The average Bonchev–Trinajstić information content (AvgIpc) is 2.43. The number of halogens is 1. The predicted molar refractivity (Wildman–Crippen MR) is 78.4 cm³/mol. The van der Waals surface area contributed by atoms with Gasteiger partial charge in [0.2, 0.25) is 0 Å². The van der Waals surface area contributed by atoms with Crippen LogP contribution in [0.1, 0.15) is 20.3 Å². The molecule has 0 radical (unpaired) electrons. The van der Waals surface area contributed by atoms with Crippen molar-refractivity contribution in [2.45, 2.75) is 26.3 Å². The van der Waals surface area contributed by atoms with Gasteiger partial charge in [0.05, 0.1) is 12.3 Å². The molecule has 1 rings (SSSR count). The second kappa shape index (κ2) is 8.53. The number of para-hydroxylation sites is 1. The fourth-order valence-electron chi connectivity index (χ4n) is 2.00. The van der Waals surface area contributed by atoms with E-state index in [1.165, 1.54) is 6.07 Å². The number of carbonyl (C=O) groups is 1. The molecule has 0 aliphatic rings. The summed E-state index contributed by atoms with van der Waals surface area (Å²) in [5.74, 6) is -0.512. The van der Waals surface area contributed by atoms with Crippen LogP contribution in [0.25, 0.3) is 0 Å². The molecule has 1 aromatic carbocycles. The van der Waals surface area contributed by atoms with E-state index in [0.717, 1.165) is 0 Å². The van der Waals surface area contributed by atoms with Crippen LogP contribution in [0.4, 0.5) is 10.1 Å². The molecule has 1 unspecified atom stereocenters. The summed E-state index contributed by atoms with van der Waals surface area (Å²) < 4.78 is 18.7. The third-order valence-electron chi connectivity index (χ3n) is 3.04. The SMILES string of the molecule is CCNC(CCN(C)c1ccccc1F)C(=O)OCC. The lowest BCUT2D eigenvalue weighted by atomic mass is 10.2. The molecule has 0 aliphatic carbocycles. The number of hydrogen-bond donors (Lipinski definition) is 1. The molecule has 0 saturated carbocycles. The molecule has 0 bridgehead atoms. The van der Waals surface area contributed by atoms with Crippen LogP contribution in [0.2, 0.25) is 0 Å². The Hall–Kier alpha value is -1.62. The molecular weight excluding hydrogens is 259 g/mol. The quantitative estimate of drug-likeness (QED) is 0.742. The highest BCUT2D eigenvalue weighted by Gasteiger charge is 2.19. The summed E-state index contributed by atoms with van der Waals surface area (Å²) in [4.78, 5) is 13.6. The number of nitrogens with one attached hydrogen (secondary N) is 1. The molecule has 0 saturated heterocycles. The first kappa shape index (κ1) is 16.4. The second-order valence-corrected chi connectivity index (χ2v) is 4.52. The van der Waals surface area contributed by atoms with Crippen LogP contribution in [0.15, 0.2) is 24.3 Å². The van der Waals surface area contributed by atoms with E-state index in [-0.39, 0.29) is 17.8 Å². The Morgan fingerprint density at radius 1 is 1.40 bits per heavy atom. The van der Waals surface area contributed by atoms with Crippen LogP contribution in [0.3, 0.4) is 0 Å². The van der Waals surface area contributed by atoms with Crippen molar-refractivity contribution in [3.63, 3.8) is 0 Å². The van der Waals surface area contributed by atoms with Gasteiger partial charge in [-0.05, 0) is 32.0 Å². The Kier molecular flexibility index (Phi) is 7.01. The normalized spacial score (nSPS) is 12.0. The van der Waals surface area contributed by atoms with Gasteiger partial charge in [0.1, 0.15) is 11.9 Å². The molecule has 1 N–H and O–H groups in total. The number of anilines is 1. The maximum atomic E-state index is 13.6. The van der Waals surface area contributed by atoms with E-state index in [0.29, 0.717) is 31.8 Å². The van der Waals surface area contributed by atoms with Crippen LogP contribution >= 0.6 is 0 Å². The zero-order chi connectivity index (χ0) is 15.0. The first-order valence-corrected chi connectivity index (χ1v) is 6.95. The number of carbonyl (C=O) groups excluding carboxylic acids is 1. The second-order valence-electron chi connectivity index (χ2n) is 4.52. The molecule has 5 heteroatoms. The van der Waals surface area contributed by atoms with Gasteiger partial charge < -0.3 is 15.0 Å². The van der Waals surface area contributed by atoms with E-state index in [9.17, 15) is 9.18 Å². The number of nitrogens with zero attached hydrogens (tertiary/aromatic N) is 1. The summed E-state index contributed by atoms with van der Waals surface area (Å²) >= 11 is 0. The highest BCUT2D eigenvalue weighted by atomic mass is 19.1. The van der Waals surface area contributed by atoms with Crippen molar-refractivity contribution in [1.29, 1.82) is 0 Å². The van der Waals surface area contributed by atoms with Gasteiger partial charge in [0.15, 0.2) is 0 Å². The van der Waals surface area contributed by atoms with E-state index >= 15 is 0 Å². The number of benzene rings is 1. The van der Waals surface area contributed by atoms with Gasteiger partial charge in [-0.2, -0.15) is 0 Å². The first-order valence-electron chi connectivity index (χ1n) is 6.95. The molecule has 20 heavy (non-hydrogen) atoms. The molecule has 1 atom stereocenters. The largest absolute Gasteiger partial charge is 0.465 e. The van der Waals surface area contributed by atoms with Crippen molar-refractivity contribution in [1.82, 2.24) is 5.32 Å². The molecule has 112 valence electrons. The first-order chi connectivity index (χ1) is 9.60. The van der Waals surface area contributed by atoms with Crippen LogP contribution in [0, 0.1) is 5.82 Å². The maximum Gasteiger partial charge on any atom is 0.323 e. The van der Waals surface area contributed by atoms with Crippen molar-refractivity contribution in [2.75, 3.05) is 31.6 Å². The molecule has 0 aromatic heterocycles. The van der Waals surface area contributed by atoms with Crippen LogP contribution in [-0.4, -0.2) is 38.8 Å². The number of ether oxygens (including phenoxy) is 1. The highest BCUT2D eigenvalue weighted by Crippen LogP contribution is 2.17. The molecule has 0 spiro atoms. The van der Waals surface area contributed by atoms with E-state index in [4.69, 9.17) is 4.74 Å². The lowest BCUT2D eigenvalue weighted by Gasteiger charge is -2.23. The average molecular weight is 282 g/mol. The topological polar surface area (TPSA) is 41.6 Å². The van der Waals surface area contributed by atoms with Crippen LogP contribution in [0.5, 0.6) is 0 Å². The van der Waals surface area contributed by atoms with Gasteiger partial charge >= 0.3 is 5.97 Å². The Labute approximate surface area is 119 Å². The van der Waals surface area contributed by atoms with Gasteiger partial charge in [-0.1, -0.05) is 19.1 Å². The lowest BCUT2D eigenvalue weighted by molar-refractivity contribution is -0.145. The third kappa shape index (κ3) is 4.81. The van der Waals surface area contributed by atoms with Gasteiger partial charge in [-0.3, -0.25) is 4.79 Å². The number of rotatable bonds is 8. The van der Waals surface area contributed by atoms with Gasteiger partial charge in [0, 0.05) is 13.6 Å². The molecule has 0 heterocycles. The summed E-state index contributed by atoms with van der Waals surface area (Å²) in [5.41, 5.74) is 0.534. The molecule has 0 fully saturated rings. The minimum absolute atomic E-state index is 0.253. The van der Waals surface area contributed by atoms with Crippen molar-refractivity contribution in [3.8, 4) is 0 Å². The monoisotopic (exact) mass is 282 g/mol. The molecule has 4 nitrogen and oxygen atoms in total. The number of esters is 1. The summed E-state index contributed by atoms with van der Waals surface area (Å²) in [6, 6.07) is 6.25. The zero-order valence-electron chi connectivity index (χ0n) is 12.4. The zero-order valence-corrected chi connectivity index (χ0v) is 12.4. The summed E-state index contributed by atoms with van der Waals surface area (Å²) in [6.45, 7) is 5.34. The minimum Gasteiger partial charge on any atom is -0.465 e. The molecule has 0 aliphatic heterocycles. The maximum absolute atomic E-state index is 13.6. The van der Waals surface area contributed by atoms with Crippen molar-refractivity contribution >= 4 is 11.7 Å². The Morgan fingerprint density at radius 2 is 2.10 bits per heavy atom. The lowest BCUT2D eigenvalue weighted by Crippen LogP contribution is -2.40. The smallest absolute Gasteiger partial charge is 0.323 e. The summed E-state index contributed by atoms with van der Waals surface area (Å²) in [7, 11) is 1.81. The standard InChI is InChI=1S/C15H23FN2O2/c1-4-17-13(15(19)20-5-2)10-11-18(3)14-9-7-6-8-12(14)16/h6-9,13,17H,4-5,10-11H2,1-3H3. The Bertz CT molecular complexity index is 426. The Morgan fingerprint density at radius 3 is 2.70 bits per heavy atom. The third-order valence-corrected chi connectivity index (χ3v) is 3.04. The van der Waals surface area contributed by atoms with E-state index in [1.54, 1.807) is 30.0 Å². The van der Waals surface area contributed by atoms with Crippen molar-refractivity contribution in [2.24, 2.45) is 0 Å². The minimum atomic E-state index is -0.353. The molecular formula is C15H23FN2O2. The molecule has 1 aromatic rings. The van der Waals surface area contributed by atoms with Gasteiger partial charge in [-0.25, -0.2) is 4.39 Å². The van der Waals surface area contributed by atoms with E-state index in [1.807, 2.05) is 14.0 Å². The number of hydrogen-bond acceptors (Lipinski definition) is 4. The summed E-state index contributed by atoms with van der Waals surface area (Å²) in [6.07, 6.45) is 0.567. The number of likely N-dealkylation sites (N-methyl/N-ethyl adjacent to an activating group) is 1. The van der Waals surface area contributed by atoms with E-state index < -0.39 is 0 Å².